The lowest BCUT2D eigenvalue weighted by molar-refractivity contribution is 0.0701. The first-order chi connectivity index (χ1) is 9.06. The topological polar surface area (TPSA) is 72.2 Å². The van der Waals surface area contributed by atoms with E-state index >= 15 is 0 Å². The molecule has 0 aliphatic carbocycles. The Morgan fingerprint density at radius 3 is 3.00 bits per heavy atom. The summed E-state index contributed by atoms with van der Waals surface area (Å²) in [6.07, 6.45) is 7.90. The Balaban J connectivity index is 2.52. The van der Waals surface area contributed by atoms with Gasteiger partial charge in [0.25, 0.3) is 5.56 Å². The lowest BCUT2D eigenvalue weighted by atomic mass is 10.2. The van der Waals surface area contributed by atoms with Gasteiger partial charge in [-0.15, -0.1) is 23.7 Å². The van der Waals surface area contributed by atoms with E-state index in [0.717, 1.165) is 11.3 Å². The number of aromatic carboxylic acids is 1. The minimum absolute atomic E-state index is 0.168. The van der Waals surface area contributed by atoms with Crippen LogP contribution in [0.5, 0.6) is 0 Å². The zero-order valence-corrected chi connectivity index (χ0v) is 11.2. The summed E-state index contributed by atoms with van der Waals surface area (Å²) in [5.41, 5.74) is 0.277. The Morgan fingerprint density at radius 1 is 1.63 bits per heavy atom. The van der Waals surface area contributed by atoms with Crippen molar-refractivity contribution in [1.82, 2.24) is 9.55 Å². The van der Waals surface area contributed by atoms with Gasteiger partial charge in [-0.2, -0.15) is 0 Å². The lowest BCUT2D eigenvalue weighted by Crippen LogP contribution is -2.20. The number of carboxylic acids is 1. The van der Waals surface area contributed by atoms with E-state index in [4.69, 9.17) is 11.5 Å². The normalized spacial score (nSPS) is 10.5. The summed E-state index contributed by atoms with van der Waals surface area (Å²) in [7, 11) is 0. The van der Waals surface area contributed by atoms with Crippen molar-refractivity contribution in [2.75, 3.05) is 0 Å². The molecule has 2 aromatic rings. The van der Waals surface area contributed by atoms with Crippen LogP contribution in [0.25, 0.3) is 10.2 Å². The average Bonchev–Trinajstić information content (AvgIpc) is 2.71. The maximum absolute atomic E-state index is 12.3. The predicted octanol–water partition coefficient (Wildman–Crippen LogP) is 1.88. The molecule has 0 atom stereocenters. The molecule has 0 aromatic carbocycles. The molecular formula is C13H12N2O3S. The summed E-state index contributed by atoms with van der Waals surface area (Å²) in [4.78, 5) is 28.1. The second-order valence-corrected chi connectivity index (χ2v) is 5.09. The van der Waals surface area contributed by atoms with Gasteiger partial charge in [0.15, 0.2) is 0 Å². The van der Waals surface area contributed by atoms with Crippen molar-refractivity contribution in [3.63, 3.8) is 0 Å². The summed E-state index contributed by atoms with van der Waals surface area (Å²) in [5.74, 6) is 1.48. The van der Waals surface area contributed by atoms with Gasteiger partial charge in [-0.05, 0) is 18.9 Å². The van der Waals surface area contributed by atoms with E-state index in [0.29, 0.717) is 35.2 Å². The van der Waals surface area contributed by atoms with Gasteiger partial charge in [-0.25, -0.2) is 9.78 Å². The fourth-order valence-electron chi connectivity index (χ4n) is 1.87. The number of fused-ring (bicyclic) bond motifs is 1. The van der Waals surface area contributed by atoms with Gasteiger partial charge < -0.3 is 5.11 Å². The minimum Gasteiger partial charge on any atom is -0.477 e. The molecule has 0 spiro atoms. The molecule has 0 aliphatic heterocycles. The first kappa shape index (κ1) is 13.3. The van der Waals surface area contributed by atoms with Crippen LogP contribution in [-0.4, -0.2) is 20.6 Å². The highest BCUT2D eigenvalue weighted by Gasteiger charge is 2.18. The summed E-state index contributed by atoms with van der Waals surface area (Å²) in [6, 6.07) is 0. The highest BCUT2D eigenvalue weighted by atomic mass is 32.1. The van der Waals surface area contributed by atoms with Crippen molar-refractivity contribution in [2.24, 2.45) is 0 Å². The van der Waals surface area contributed by atoms with Crippen LogP contribution in [-0.2, 0) is 6.54 Å². The molecular weight excluding hydrogens is 264 g/mol. The number of carbonyl (C=O) groups is 1. The number of aromatic nitrogens is 2. The fourth-order valence-corrected chi connectivity index (χ4v) is 2.85. The number of rotatable bonds is 4. The first-order valence-corrected chi connectivity index (χ1v) is 6.53. The Labute approximate surface area is 113 Å². The molecule has 19 heavy (non-hydrogen) atoms. The average molecular weight is 276 g/mol. The number of unbranched alkanes of at least 4 members (excludes halogenated alkanes) is 1. The van der Waals surface area contributed by atoms with Gasteiger partial charge in [-0.3, -0.25) is 9.36 Å². The van der Waals surface area contributed by atoms with Gasteiger partial charge in [0, 0.05) is 13.0 Å². The standard InChI is InChI=1S/C13H12N2O3S/c1-3-4-5-6-15-7-14-11-9(12(15)16)8(2)10(19-11)13(17)18/h1,7H,4-6H2,2H3,(H,17,18). The third kappa shape index (κ3) is 2.37. The summed E-state index contributed by atoms with van der Waals surface area (Å²) in [5, 5.41) is 9.45. The smallest absolute Gasteiger partial charge is 0.346 e. The van der Waals surface area contributed by atoms with E-state index < -0.39 is 5.97 Å². The lowest BCUT2D eigenvalue weighted by Gasteiger charge is -2.03. The molecule has 0 amide bonds. The summed E-state index contributed by atoms with van der Waals surface area (Å²) in [6.45, 7) is 2.13. The minimum atomic E-state index is -1.03. The zero-order chi connectivity index (χ0) is 14.0. The van der Waals surface area contributed by atoms with E-state index in [1.165, 1.54) is 10.9 Å². The molecule has 1 N–H and O–H groups in total. The number of aryl methyl sites for hydroxylation is 2. The molecule has 6 heteroatoms. The van der Waals surface area contributed by atoms with Gasteiger partial charge in [0.2, 0.25) is 0 Å². The first-order valence-electron chi connectivity index (χ1n) is 5.71. The van der Waals surface area contributed by atoms with Crippen LogP contribution in [0.2, 0.25) is 0 Å². The van der Waals surface area contributed by atoms with Crippen molar-refractivity contribution in [3.05, 3.63) is 27.1 Å². The quantitative estimate of drug-likeness (QED) is 0.683. The molecule has 0 fully saturated rings. The Morgan fingerprint density at radius 2 is 2.37 bits per heavy atom. The van der Waals surface area contributed by atoms with E-state index in [1.54, 1.807) is 6.92 Å². The van der Waals surface area contributed by atoms with E-state index in [9.17, 15) is 9.59 Å². The van der Waals surface area contributed by atoms with Crippen molar-refractivity contribution in [3.8, 4) is 12.3 Å². The number of terminal acetylenes is 1. The second kappa shape index (κ2) is 5.24. The summed E-state index contributed by atoms with van der Waals surface area (Å²) >= 11 is 1.03. The largest absolute Gasteiger partial charge is 0.477 e. The van der Waals surface area contributed by atoms with Crippen LogP contribution >= 0.6 is 11.3 Å². The monoisotopic (exact) mass is 276 g/mol. The number of nitrogens with zero attached hydrogens (tertiary/aromatic N) is 2. The number of hydrogen-bond acceptors (Lipinski definition) is 4. The van der Waals surface area contributed by atoms with Crippen LogP contribution in [0.1, 0.15) is 28.1 Å². The van der Waals surface area contributed by atoms with E-state index in [-0.39, 0.29) is 10.4 Å². The Kier molecular flexibility index (Phi) is 3.67. The number of thiophene rings is 1. The van der Waals surface area contributed by atoms with Crippen LogP contribution < -0.4 is 5.56 Å². The molecule has 2 rings (SSSR count). The van der Waals surface area contributed by atoms with E-state index in [2.05, 4.69) is 10.9 Å². The highest BCUT2D eigenvalue weighted by Crippen LogP contribution is 2.26. The molecule has 5 nitrogen and oxygen atoms in total. The molecule has 0 unspecified atom stereocenters. The third-order valence-electron chi connectivity index (χ3n) is 2.83. The van der Waals surface area contributed by atoms with Crippen molar-refractivity contribution >= 4 is 27.5 Å². The summed E-state index contributed by atoms with van der Waals surface area (Å²) < 4.78 is 1.48. The molecule has 0 bridgehead atoms. The molecule has 0 radical (unpaired) electrons. The van der Waals surface area contributed by atoms with Crippen molar-refractivity contribution in [2.45, 2.75) is 26.3 Å². The van der Waals surface area contributed by atoms with Crippen molar-refractivity contribution in [1.29, 1.82) is 0 Å². The van der Waals surface area contributed by atoms with Crippen LogP contribution in [0, 0.1) is 19.3 Å². The van der Waals surface area contributed by atoms with Crippen molar-refractivity contribution < 1.29 is 9.90 Å². The molecule has 2 heterocycles. The predicted molar refractivity (Wildman–Crippen MR) is 73.6 cm³/mol. The number of carboxylic acid groups (broad SMARTS) is 1. The maximum Gasteiger partial charge on any atom is 0.346 e. The molecule has 0 saturated carbocycles. The van der Waals surface area contributed by atoms with Crippen LogP contribution in [0.4, 0.5) is 0 Å². The molecule has 0 aliphatic rings. The van der Waals surface area contributed by atoms with E-state index in [1.807, 2.05) is 0 Å². The maximum atomic E-state index is 12.3. The Hall–Kier alpha value is -2.13. The zero-order valence-electron chi connectivity index (χ0n) is 10.3. The Bertz CT molecular complexity index is 737. The molecule has 2 aromatic heterocycles. The molecule has 98 valence electrons. The van der Waals surface area contributed by atoms with Crippen LogP contribution in [0.15, 0.2) is 11.1 Å². The second-order valence-electron chi connectivity index (χ2n) is 4.09. The van der Waals surface area contributed by atoms with Gasteiger partial charge in [0.1, 0.15) is 9.71 Å². The van der Waals surface area contributed by atoms with Crippen LogP contribution in [0.3, 0.4) is 0 Å². The third-order valence-corrected chi connectivity index (χ3v) is 4.02. The molecule has 0 saturated heterocycles. The SMILES string of the molecule is C#CCCCn1cnc2sc(C(=O)O)c(C)c2c1=O. The van der Waals surface area contributed by atoms with Gasteiger partial charge in [0.05, 0.1) is 11.7 Å². The fraction of sp³-hybridized carbons (Fsp3) is 0.308. The van der Waals surface area contributed by atoms with Gasteiger partial charge in [-0.1, -0.05) is 0 Å². The number of hydrogen-bond donors (Lipinski definition) is 1. The highest BCUT2D eigenvalue weighted by molar-refractivity contribution is 7.20. The van der Waals surface area contributed by atoms with Gasteiger partial charge >= 0.3 is 5.97 Å².